The number of aliphatic hydroxyl groups is 1. The molecule has 1 aromatic carbocycles. The third-order valence-corrected chi connectivity index (χ3v) is 4.29. The molecule has 1 unspecified atom stereocenters. The van der Waals surface area contributed by atoms with Crippen molar-refractivity contribution in [3.05, 3.63) is 28.2 Å². The quantitative estimate of drug-likeness (QED) is 0.775. The van der Waals surface area contributed by atoms with Crippen LogP contribution in [0.4, 0.5) is 0 Å². The molecule has 2 rings (SSSR count). The SMILES string of the molecule is COCCOc1ccc(C(O)CC2CCC2)cc1Br. The first kappa shape index (κ1) is 14.8. The maximum atomic E-state index is 10.2. The summed E-state index contributed by atoms with van der Waals surface area (Å²) in [5.41, 5.74) is 0.956. The van der Waals surface area contributed by atoms with Gasteiger partial charge in [0, 0.05) is 7.11 Å². The number of rotatable bonds is 7. The first-order chi connectivity index (χ1) is 9.20. The van der Waals surface area contributed by atoms with Gasteiger partial charge in [0.05, 0.1) is 17.2 Å². The van der Waals surface area contributed by atoms with E-state index in [0.717, 1.165) is 22.2 Å². The summed E-state index contributed by atoms with van der Waals surface area (Å²) in [6.07, 6.45) is 4.34. The van der Waals surface area contributed by atoms with Crippen LogP contribution >= 0.6 is 15.9 Å². The minimum atomic E-state index is -0.366. The lowest BCUT2D eigenvalue weighted by Gasteiger charge is -2.27. The first-order valence-electron chi connectivity index (χ1n) is 6.80. The Hall–Kier alpha value is -0.580. The van der Waals surface area contributed by atoms with Gasteiger partial charge < -0.3 is 14.6 Å². The molecule has 0 saturated heterocycles. The average Bonchev–Trinajstić information content (AvgIpc) is 2.35. The molecule has 0 aliphatic heterocycles. The summed E-state index contributed by atoms with van der Waals surface area (Å²) in [5.74, 6) is 1.49. The van der Waals surface area contributed by atoms with E-state index in [1.54, 1.807) is 7.11 Å². The molecule has 1 saturated carbocycles. The number of halogens is 1. The number of hydrogen-bond donors (Lipinski definition) is 1. The van der Waals surface area contributed by atoms with Gasteiger partial charge in [-0.15, -0.1) is 0 Å². The van der Waals surface area contributed by atoms with Gasteiger partial charge in [-0.2, -0.15) is 0 Å². The Morgan fingerprint density at radius 2 is 2.16 bits per heavy atom. The Morgan fingerprint density at radius 3 is 2.74 bits per heavy atom. The van der Waals surface area contributed by atoms with Gasteiger partial charge in [0.15, 0.2) is 0 Å². The maximum Gasteiger partial charge on any atom is 0.133 e. The predicted octanol–water partition coefficient (Wildman–Crippen LogP) is 3.70. The van der Waals surface area contributed by atoms with Crippen molar-refractivity contribution in [1.82, 2.24) is 0 Å². The van der Waals surface area contributed by atoms with Crippen LogP contribution in [0.15, 0.2) is 22.7 Å². The molecule has 1 aromatic rings. The van der Waals surface area contributed by atoms with Gasteiger partial charge in [-0.1, -0.05) is 25.3 Å². The van der Waals surface area contributed by atoms with Crippen LogP contribution in [0.2, 0.25) is 0 Å². The highest BCUT2D eigenvalue weighted by Crippen LogP contribution is 2.36. The lowest BCUT2D eigenvalue weighted by molar-refractivity contribution is 0.118. The Bertz CT molecular complexity index is 404. The summed E-state index contributed by atoms with van der Waals surface area (Å²) in [6.45, 7) is 1.09. The number of hydrogen-bond acceptors (Lipinski definition) is 3. The molecule has 0 bridgehead atoms. The lowest BCUT2D eigenvalue weighted by Crippen LogP contribution is -2.14. The van der Waals surface area contributed by atoms with Crippen LogP contribution in [0.5, 0.6) is 5.75 Å². The first-order valence-corrected chi connectivity index (χ1v) is 7.59. The zero-order chi connectivity index (χ0) is 13.7. The molecule has 1 aliphatic rings. The number of benzene rings is 1. The van der Waals surface area contributed by atoms with E-state index in [1.165, 1.54) is 19.3 Å². The summed E-state index contributed by atoms with van der Waals surface area (Å²) in [4.78, 5) is 0. The Labute approximate surface area is 123 Å². The smallest absolute Gasteiger partial charge is 0.133 e. The second-order valence-electron chi connectivity index (χ2n) is 5.08. The van der Waals surface area contributed by atoms with E-state index >= 15 is 0 Å². The largest absolute Gasteiger partial charge is 0.490 e. The molecular weight excluding hydrogens is 308 g/mol. The van der Waals surface area contributed by atoms with Crippen LogP contribution < -0.4 is 4.74 Å². The monoisotopic (exact) mass is 328 g/mol. The Kier molecular flexibility index (Phi) is 5.67. The average molecular weight is 329 g/mol. The van der Waals surface area contributed by atoms with Crippen molar-refractivity contribution < 1.29 is 14.6 Å². The van der Waals surface area contributed by atoms with E-state index in [-0.39, 0.29) is 6.10 Å². The molecule has 0 heterocycles. The van der Waals surface area contributed by atoms with Crippen LogP contribution in [-0.4, -0.2) is 25.4 Å². The number of aliphatic hydroxyl groups excluding tert-OH is 1. The van der Waals surface area contributed by atoms with Gasteiger partial charge in [0.2, 0.25) is 0 Å². The topological polar surface area (TPSA) is 38.7 Å². The van der Waals surface area contributed by atoms with Crippen LogP contribution in [0.3, 0.4) is 0 Å². The molecule has 4 heteroatoms. The minimum Gasteiger partial charge on any atom is -0.490 e. The molecule has 3 nitrogen and oxygen atoms in total. The van der Waals surface area contributed by atoms with Crippen molar-refractivity contribution in [1.29, 1.82) is 0 Å². The zero-order valence-corrected chi connectivity index (χ0v) is 12.9. The van der Waals surface area contributed by atoms with Crippen molar-refractivity contribution in [2.75, 3.05) is 20.3 Å². The molecule has 0 spiro atoms. The van der Waals surface area contributed by atoms with E-state index in [9.17, 15) is 5.11 Å². The normalized spacial score (nSPS) is 17.0. The second-order valence-corrected chi connectivity index (χ2v) is 5.93. The Morgan fingerprint density at radius 1 is 1.37 bits per heavy atom. The summed E-state index contributed by atoms with van der Waals surface area (Å²) in [5, 5.41) is 10.2. The van der Waals surface area contributed by atoms with Crippen molar-refractivity contribution in [3.8, 4) is 5.75 Å². The summed E-state index contributed by atoms with van der Waals surface area (Å²) in [7, 11) is 1.65. The molecule has 1 atom stereocenters. The molecule has 0 amide bonds. The highest BCUT2D eigenvalue weighted by Gasteiger charge is 2.22. The van der Waals surface area contributed by atoms with Crippen LogP contribution in [0, 0.1) is 5.92 Å². The van der Waals surface area contributed by atoms with Gasteiger partial charge in [0.1, 0.15) is 12.4 Å². The minimum absolute atomic E-state index is 0.366. The zero-order valence-electron chi connectivity index (χ0n) is 11.3. The van der Waals surface area contributed by atoms with Crippen molar-refractivity contribution >= 4 is 15.9 Å². The summed E-state index contributed by atoms with van der Waals surface area (Å²) in [6, 6.07) is 5.79. The second kappa shape index (κ2) is 7.27. The third-order valence-electron chi connectivity index (χ3n) is 3.67. The number of ether oxygens (including phenoxy) is 2. The van der Waals surface area contributed by atoms with Crippen molar-refractivity contribution in [3.63, 3.8) is 0 Å². The van der Waals surface area contributed by atoms with Crippen LogP contribution in [0.25, 0.3) is 0 Å². The van der Waals surface area contributed by atoms with E-state index < -0.39 is 0 Å². The van der Waals surface area contributed by atoms with E-state index in [0.29, 0.717) is 19.1 Å². The predicted molar refractivity (Wildman–Crippen MR) is 78.4 cm³/mol. The van der Waals surface area contributed by atoms with Crippen molar-refractivity contribution in [2.45, 2.75) is 31.8 Å². The molecule has 0 radical (unpaired) electrons. The molecule has 0 aromatic heterocycles. The molecule has 19 heavy (non-hydrogen) atoms. The van der Waals surface area contributed by atoms with E-state index in [1.807, 2.05) is 18.2 Å². The van der Waals surface area contributed by atoms with Gasteiger partial charge in [-0.25, -0.2) is 0 Å². The molecule has 106 valence electrons. The number of methoxy groups -OCH3 is 1. The third kappa shape index (κ3) is 4.20. The highest BCUT2D eigenvalue weighted by atomic mass is 79.9. The van der Waals surface area contributed by atoms with Crippen LogP contribution in [0.1, 0.15) is 37.4 Å². The van der Waals surface area contributed by atoms with Gasteiger partial charge in [-0.05, 0) is 46.0 Å². The van der Waals surface area contributed by atoms with Gasteiger partial charge in [-0.3, -0.25) is 0 Å². The summed E-state index contributed by atoms with van der Waals surface area (Å²) >= 11 is 3.49. The molecule has 1 aliphatic carbocycles. The van der Waals surface area contributed by atoms with Crippen molar-refractivity contribution in [2.24, 2.45) is 5.92 Å². The Balaban J connectivity index is 1.92. The van der Waals surface area contributed by atoms with Gasteiger partial charge in [0.25, 0.3) is 0 Å². The van der Waals surface area contributed by atoms with Crippen LogP contribution in [-0.2, 0) is 4.74 Å². The summed E-state index contributed by atoms with van der Waals surface area (Å²) < 4.78 is 11.4. The molecule has 1 N–H and O–H groups in total. The fourth-order valence-corrected chi connectivity index (χ4v) is 2.77. The van der Waals surface area contributed by atoms with E-state index in [2.05, 4.69) is 15.9 Å². The highest BCUT2D eigenvalue weighted by molar-refractivity contribution is 9.10. The standard InChI is InChI=1S/C15H21BrO3/c1-18-7-8-19-15-6-5-12(10-13(15)16)14(17)9-11-3-2-4-11/h5-6,10-11,14,17H,2-4,7-9H2,1H3. The van der Waals surface area contributed by atoms with Gasteiger partial charge >= 0.3 is 0 Å². The molecule has 1 fully saturated rings. The molecular formula is C15H21BrO3. The maximum absolute atomic E-state index is 10.2. The fourth-order valence-electron chi connectivity index (χ4n) is 2.26. The fraction of sp³-hybridized carbons (Fsp3) is 0.600. The van der Waals surface area contributed by atoms with E-state index in [4.69, 9.17) is 9.47 Å². The lowest BCUT2D eigenvalue weighted by atomic mass is 9.80.